The smallest absolute Gasteiger partial charge is 0.256 e. The lowest BCUT2D eigenvalue weighted by molar-refractivity contribution is 0.104. The predicted molar refractivity (Wildman–Crippen MR) is 121 cm³/mol. The molecule has 156 valence electrons. The number of allylic oxidation sites excluding steroid dienone is 1. The number of benzene rings is 3. The van der Waals surface area contributed by atoms with E-state index in [1.807, 2.05) is 24.3 Å². The van der Waals surface area contributed by atoms with Crippen LogP contribution in [-0.4, -0.2) is 23.1 Å². The lowest BCUT2D eigenvalue weighted by Gasteiger charge is -2.06. The monoisotopic (exact) mass is 433 g/mol. The lowest BCUT2D eigenvalue weighted by Crippen LogP contribution is -2.00. The van der Waals surface area contributed by atoms with Gasteiger partial charge in [-0.3, -0.25) is 4.79 Å². The molecule has 4 nitrogen and oxygen atoms in total. The summed E-state index contributed by atoms with van der Waals surface area (Å²) in [5, 5.41) is 0.665. The van der Waals surface area contributed by atoms with Crippen molar-refractivity contribution in [2.24, 2.45) is 0 Å². The number of fused-ring (bicyclic) bond motifs is 1. The fourth-order valence-corrected chi connectivity index (χ4v) is 3.63. The SMILES string of the molecule is O=C(C=Cc1ccc(F)cc1)c1ccc(OCCCSc2nc3ccccc3o2)cc1. The summed E-state index contributed by atoms with van der Waals surface area (Å²) in [6, 6.07) is 20.7. The van der Waals surface area contributed by atoms with E-state index in [1.165, 1.54) is 18.2 Å². The minimum absolute atomic E-state index is 0.120. The third-order valence-corrected chi connectivity index (χ3v) is 5.41. The van der Waals surface area contributed by atoms with Crippen molar-refractivity contribution in [3.05, 3.63) is 95.8 Å². The maximum absolute atomic E-state index is 12.9. The first-order chi connectivity index (χ1) is 15.2. The van der Waals surface area contributed by atoms with Crippen LogP contribution in [0.4, 0.5) is 4.39 Å². The molecule has 0 bridgehead atoms. The second kappa shape index (κ2) is 10.1. The first-order valence-corrected chi connectivity index (χ1v) is 10.9. The first kappa shape index (κ1) is 20.9. The molecular formula is C25H20FNO3S. The fraction of sp³-hybridized carbons (Fsp3) is 0.120. The van der Waals surface area contributed by atoms with Crippen LogP contribution >= 0.6 is 11.8 Å². The molecule has 4 aromatic rings. The molecule has 0 amide bonds. The minimum atomic E-state index is -0.302. The van der Waals surface area contributed by atoms with Gasteiger partial charge in [0, 0.05) is 11.3 Å². The third-order valence-electron chi connectivity index (χ3n) is 4.49. The second-order valence-electron chi connectivity index (χ2n) is 6.77. The number of hydrogen-bond donors (Lipinski definition) is 0. The van der Waals surface area contributed by atoms with E-state index in [4.69, 9.17) is 9.15 Å². The van der Waals surface area contributed by atoms with E-state index in [1.54, 1.807) is 54.2 Å². The van der Waals surface area contributed by atoms with Crippen molar-refractivity contribution >= 4 is 34.7 Å². The Bertz CT molecular complexity index is 1150. The van der Waals surface area contributed by atoms with Crippen LogP contribution in [0.15, 0.2) is 88.5 Å². The van der Waals surface area contributed by atoms with E-state index >= 15 is 0 Å². The maximum atomic E-state index is 12.9. The maximum Gasteiger partial charge on any atom is 0.256 e. The Hall–Kier alpha value is -3.38. The van der Waals surface area contributed by atoms with Crippen LogP contribution in [0.5, 0.6) is 5.75 Å². The van der Waals surface area contributed by atoms with Gasteiger partial charge in [0.15, 0.2) is 11.4 Å². The Balaban J connectivity index is 1.21. The first-order valence-electron chi connectivity index (χ1n) is 9.86. The van der Waals surface area contributed by atoms with Gasteiger partial charge in [-0.25, -0.2) is 9.37 Å². The zero-order valence-corrected chi connectivity index (χ0v) is 17.5. The zero-order chi connectivity index (χ0) is 21.5. The van der Waals surface area contributed by atoms with Gasteiger partial charge in [-0.1, -0.05) is 42.1 Å². The molecule has 0 fully saturated rings. The number of rotatable bonds is 9. The molecule has 4 rings (SSSR count). The Morgan fingerprint density at radius 3 is 2.58 bits per heavy atom. The van der Waals surface area contributed by atoms with Crippen LogP contribution in [-0.2, 0) is 0 Å². The van der Waals surface area contributed by atoms with Crippen molar-refractivity contribution in [3.8, 4) is 5.75 Å². The number of carbonyl (C=O) groups is 1. The Kier molecular flexibility index (Phi) is 6.79. The number of hydrogen-bond acceptors (Lipinski definition) is 5. The molecule has 0 aliphatic heterocycles. The van der Waals surface area contributed by atoms with Gasteiger partial charge in [0.2, 0.25) is 0 Å². The number of thioether (sulfide) groups is 1. The van der Waals surface area contributed by atoms with Gasteiger partial charge in [0.05, 0.1) is 6.61 Å². The molecule has 1 heterocycles. The molecule has 3 aromatic carbocycles. The molecule has 0 saturated carbocycles. The number of aromatic nitrogens is 1. The second-order valence-corrected chi connectivity index (χ2v) is 7.82. The minimum Gasteiger partial charge on any atom is -0.494 e. The molecule has 6 heteroatoms. The van der Waals surface area contributed by atoms with Crippen molar-refractivity contribution < 1.29 is 18.3 Å². The Morgan fingerprint density at radius 1 is 1.03 bits per heavy atom. The Labute approximate surface area is 183 Å². The van der Waals surface area contributed by atoms with E-state index in [2.05, 4.69) is 4.98 Å². The molecule has 0 unspecified atom stereocenters. The summed E-state index contributed by atoms with van der Waals surface area (Å²) >= 11 is 1.56. The van der Waals surface area contributed by atoms with E-state index in [0.29, 0.717) is 23.1 Å². The van der Waals surface area contributed by atoms with Gasteiger partial charge in [0.25, 0.3) is 5.22 Å². The highest BCUT2D eigenvalue weighted by Gasteiger charge is 2.06. The standard InChI is InChI=1S/C25H20FNO3S/c26-20-11-6-18(7-12-20)8-15-23(28)19-9-13-21(14-10-19)29-16-3-17-31-25-27-22-4-1-2-5-24(22)30-25/h1-2,4-15H,3,16-17H2. The number of para-hydroxylation sites is 2. The van der Waals surface area contributed by atoms with Gasteiger partial charge < -0.3 is 9.15 Å². The molecule has 0 spiro atoms. The average molecular weight is 434 g/mol. The third kappa shape index (κ3) is 5.83. The van der Waals surface area contributed by atoms with Gasteiger partial charge >= 0.3 is 0 Å². The highest BCUT2D eigenvalue weighted by molar-refractivity contribution is 7.99. The van der Waals surface area contributed by atoms with Crippen LogP contribution < -0.4 is 4.74 Å². The summed E-state index contributed by atoms with van der Waals surface area (Å²) in [7, 11) is 0. The van der Waals surface area contributed by atoms with Crippen molar-refractivity contribution in [1.82, 2.24) is 4.98 Å². The predicted octanol–water partition coefficient (Wildman–Crippen LogP) is 6.42. The summed E-state index contributed by atoms with van der Waals surface area (Å²) in [5.41, 5.74) is 2.99. The normalized spacial score (nSPS) is 11.3. The molecule has 0 N–H and O–H groups in total. The molecule has 0 aliphatic carbocycles. The number of carbonyl (C=O) groups excluding carboxylic acids is 1. The number of oxazole rings is 1. The summed E-state index contributed by atoms with van der Waals surface area (Å²) in [6.45, 7) is 0.561. The highest BCUT2D eigenvalue weighted by Crippen LogP contribution is 2.23. The van der Waals surface area contributed by atoms with Crippen molar-refractivity contribution in [2.45, 2.75) is 11.6 Å². The number of halogens is 1. The van der Waals surface area contributed by atoms with E-state index in [0.717, 1.165) is 28.8 Å². The topological polar surface area (TPSA) is 52.3 Å². The van der Waals surface area contributed by atoms with Crippen LogP contribution in [0.3, 0.4) is 0 Å². The molecule has 0 radical (unpaired) electrons. The molecule has 1 aromatic heterocycles. The highest BCUT2D eigenvalue weighted by atomic mass is 32.2. The molecule has 0 atom stereocenters. The van der Waals surface area contributed by atoms with Gasteiger partial charge in [-0.15, -0.1) is 0 Å². The largest absolute Gasteiger partial charge is 0.494 e. The van der Waals surface area contributed by atoms with Crippen LogP contribution in [0, 0.1) is 5.82 Å². The zero-order valence-electron chi connectivity index (χ0n) is 16.7. The molecular weight excluding hydrogens is 413 g/mol. The summed E-state index contributed by atoms with van der Waals surface area (Å²) in [5.74, 6) is 1.12. The Morgan fingerprint density at radius 2 is 1.81 bits per heavy atom. The van der Waals surface area contributed by atoms with E-state index in [9.17, 15) is 9.18 Å². The quantitative estimate of drug-likeness (QED) is 0.132. The van der Waals surface area contributed by atoms with Gasteiger partial charge in [-0.05, 0) is 66.6 Å². The number of nitrogens with zero attached hydrogens (tertiary/aromatic N) is 1. The molecule has 0 aliphatic rings. The molecule has 0 saturated heterocycles. The lowest BCUT2D eigenvalue weighted by atomic mass is 10.1. The average Bonchev–Trinajstić information content (AvgIpc) is 3.21. The summed E-state index contributed by atoms with van der Waals surface area (Å²) in [4.78, 5) is 16.7. The molecule has 31 heavy (non-hydrogen) atoms. The number of ketones is 1. The van der Waals surface area contributed by atoms with Gasteiger partial charge in [0.1, 0.15) is 17.1 Å². The van der Waals surface area contributed by atoms with E-state index in [-0.39, 0.29) is 11.6 Å². The van der Waals surface area contributed by atoms with Crippen LogP contribution in [0.25, 0.3) is 17.2 Å². The van der Waals surface area contributed by atoms with Gasteiger partial charge in [-0.2, -0.15) is 0 Å². The number of ether oxygens (including phenoxy) is 1. The van der Waals surface area contributed by atoms with Crippen molar-refractivity contribution in [3.63, 3.8) is 0 Å². The summed E-state index contributed by atoms with van der Waals surface area (Å²) < 4.78 is 24.4. The summed E-state index contributed by atoms with van der Waals surface area (Å²) in [6.07, 6.45) is 3.98. The van der Waals surface area contributed by atoms with E-state index < -0.39 is 0 Å². The van der Waals surface area contributed by atoms with Crippen LogP contribution in [0.1, 0.15) is 22.3 Å². The fourth-order valence-electron chi connectivity index (χ4n) is 2.88. The van der Waals surface area contributed by atoms with Crippen molar-refractivity contribution in [2.75, 3.05) is 12.4 Å². The van der Waals surface area contributed by atoms with Crippen molar-refractivity contribution in [1.29, 1.82) is 0 Å². The van der Waals surface area contributed by atoms with Crippen LogP contribution in [0.2, 0.25) is 0 Å².